The number of nitrogens with zero attached hydrogens (tertiary/aromatic N) is 2. The molecule has 1 amide bonds. The van der Waals surface area contributed by atoms with Crippen LogP contribution >= 0.6 is 15.9 Å². The number of aromatic nitrogens is 2. The summed E-state index contributed by atoms with van der Waals surface area (Å²) in [5, 5.41) is 11.8. The monoisotopic (exact) mass is 372 g/mol. The van der Waals surface area contributed by atoms with E-state index in [2.05, 4.69) is 26.3 Å². The first-order valence-electron chi connectivity index (χ1n) is 5.83. The van der Waals surface area contributed by atoms with Crippen molar-refractivity contribution < 1.29 is 13.2 Å². The zero-order valence-corrected chi connectivity index (χ0v) is 13.7. The van der Waals surface area contributed by atoms with Crippen LogP contribution in [0.4, 0.5) is 5.69 Å². The maximum atomic E-state index is 12.1. The van der Waals surface area contributed by atoms with E-state index in [4.69, 9.17) is 5.14 Å². The van der Waals surface area contributed by atoms with Crippen LogP contribution in [0.25, 0.3) is 0 Å². The quantitative estimate of drug-likeness (QED) is 0.848. The second-order valence-corrected chi connectivity index (χ2v) is 6.85. The maximum Gasteiger partial charge on any atom is 0.273 e. The Hall–Kier alpha value is -1.71. The first-order valence-corrected chi connectivity index (χ1v) is 8.17. The Kier molecular flexibility index (Phi) is 4.17. The summed E-state index contributed by atoms with van der Waals surface area (Å²) in [4.78, 5) is 12.1. The highest BCUT2D eigenvalue weighted by atomic mass is 79.9. The number of sulfonamides is 1. The lowest BCUT2D eigenvalue weighted by atomic mass is 10.3. The van der Waals surface area contributed by atoms with Gasteiger partial charge in [0.15, 0.2) is 0 Å². The molecule has 0 radical (unpaired) electrons. The van der Waals surface area contributed by atoms with Crippen LogP contribution in [0, 0.1) is 6.92 Å². The number of benzene rings is 1. The molecule has 0 spiro atoms. The molecular formula is C12H13BrN4O3S. The molecule has 9 heteroatoms. The van der Waals surface area contributed by atoms with Gasteiger partial charge in [-0.25, -0.2) is 13.6 Å². The van der Waals surface area contributed by atoms with E-state index in [9.17, 15) is 13.2 Å². The highest BCUT2D eigenvalue weighted by Gasteiger charge is 2.15. The van der Waals surface area contributed by atoms with Crippen LogP contribution in [-0.4, -0.2) is 24.1 Å². The zero-order chi connectivity index (χ0) is 15.8. The van der Waals surface area contributed by atoms with E-state index in [1.165, 1.54) is 22.9 Å². The summed E-state index contributed by atoms with van der Waals surface area (Å²) in [5.74, 6) is -0.345. The summed E-state index contributed by atoms with van der Waals surface area (Å²) in [5.41, 5.74) is 1.56. The molecule has 0 saturated carbocycles. The van der Waals surface area contributed by atoms with Crippen molar-refractivity contribution in [1.29, 1.82) is 0 Å². The van der Waals surface area contributed by atoms with Gasteiger partial charge in [0.25, 0.3) is 5.91 Å². The number of aryl methyl sites for hydroxylation is 2. The van der Waals surface area contributed by atoms with Gasteiger partial charge in [0.1, 0.15) is 5.69 Å². The fourth-order valence-corrected chi connectivity index (χ4v) is 2.95. The first-order chi connectivity index (χ1) is 9.68. The third kappa shape index (κ3) is 3.49. The minimum atomic E-state index is -3.78. The number of anilines is 1. The number of carbonyl (C=O) groups excluding carboxylic acids is 1. The number of carbonyl (C=O) groups is 1. The Bertz CT molecular complexity index is 814. The summed E-state index contributed by atoms with van der Waals surface area (Å²) in [6, 6.07) is 5.77. The van der Waals surface area contributed by atoms with E-state index in [1.807, 2.05) is 0 Å². The van der Waals surface area contributed by atoms with Crippen molar-refractivity contribution in [2.24, 2.45) is 12.2 Å². The van der Waals surface area contributed by atoms with Gasteiger partial charge in [0.05, 0.1) is 16.3 Å². The molecule has 0 atom stereocenters. The highest BCUT2D eigenvalue weighted by Crippen LogP contribution is 2.25. The third-order valence-corrected chi connectivity index (χ3v) is 4.32. The minimum absolute atomic E-state index is 0.0382. The molecule has 0 aliphatic heterocycles. The van der Waals surface area contributed by atoms with E-state index in [1.54, 1.807) is 20.0 Å². The van der Waals surface area contributed by atoms with E-state index in [0.717, 1.165) is 5.69 Å². The lowest BCUT2D eigenvalue weighted by molar-refractivity contribution is 0.101. The van der Waals surface area contributed by atoms with E-state index in [0.29, 0.717) is 15.9 Å². The summed E-state index contributed by atoms with van der Waals surface area (Å²) in [6.45, 7) is 1.79. The fraction of sp³-hybridized carbons (Fsp3) is 0.167. The normalized spacial score (nSPS) is 11.4. The SMILES string of the molecule is Cc1cc(C(=O)Nc2ccc(S(N)(=O)=O)cc2Br)n(C)n1. The van der Waals surface area contributed by atoms with Gasteiger partial charge in [-0.3, -0.25) is 9.48 Å². The number of rotatable bonds is 3. The molecule has 7 nitrogen and oxygen atoms in total. The summed E-state index contributed by atoms with van der Waals surface area (Å²) in [7, 11) is -2.12. The van der Waals surface area contributed by atoms with Gasteiger partial charge < -0.3 is 5.32 Å². The summed E-state index contributed by atoms with van der Waals surface area (Å²) < 4.78 is 24.4. The van der Waals surface area contributed by atoms with Gasteiger partial charge in [0, 0.05) is 11.5 Å². The van der Waals surface area contributed by atoms with Gasteiger partial charge in [-0.05, 0) is 47.1 Å². The average Bonchev–Trinajstić information content (AvgIpc) is 2.69. The summed E-state index contributed by atoms with van der Waals surface area (Å²) in [6.07, 6.45) is 0. The Balaban J connectivity index is 2.28. The van der Waals surface area contributed by atoms with Gasteiger partial charge in [-0.1, -0.05) is 0 Å². The molecule has 0 unspecified atom stereocenters. The average molecular weight is 373 g/mol. The molecule has 112 valence electrons. The number of hydrogen-bond acceptors (Lipinski definition) is 4. The van der Waals surface area contributed by atoms with Crippen molar-refractivity contribution in [3.63, 3.8) is 0 Å². The van der Waals surface area contributed by atoms with E-state index >= 15 is 0 Å². The lowest BCUT2D eigenvalue weighted by Crippen LogP contribution is -2.17. The standard InChI is InChI=1S/C12H13BrN4O3S/c1-7-5-11(17(2)16-7)12(18)15-10-4-3-8(6-9(10)13)21(14,19)20/h3-6H,1-2H3,(H,15,18)(H2,14,19,20). The van der Waals surface area contributed by atoms with Crippen LogP contribution in [0.15, 0.2) is 33.6 Å². The molecule has 2 rings (SSSR count). The van der Waals surface area contributed by atoms with Crippen molar-refractivity contribution in [2.75, 3.05) is 5.32 Å². The smallest absolute Gasteiger partial charge is 0.273 e. The molecule has 0 aliphatic rings. The van der Waals surface area contributed by atoms with Crippen molar-refractivity contribution in [3.05, 3.63) is 40.1 Å². The predicted molar refractivity (Wildman–Crippen MR) is 81.4 cm³/mol. The molecule has 0 aliphatic carbocycles. The highest BCUT2D eigenvalue weighted by molar-refractivity contribution is 9.10. The maximum absolute atomic E-state index is 12.1. The van der Waals surface area contributed by atoms with Crippen molar-refractivity contribution in [3.8, 4) is 0 Å². The topological polar surface area (TPSA) is 107 Å². The Morgan fingerprint density at radius 2 is 2.05 bits per heavy atom. The molecular weight excluding hydrogens is 360 g/mol. The molecule has 0 saturated heterocycles. The van der Waals surface area contributed by atoms with Crippen LogP contribution in [0.5, 0.6) is 0 Å². The molecule has 0 bridgehead atoms. The summed E-state index contributed by atoms with van der Waals surface area (Å²) >= 11 is 3.21. The van der Waals surface area contributed by atoms with Gasteiger partial charge in [-0.2, -0.15) is 5.10 Å². The van der Waals surface area contributed by atoms with Crippen molar-refractivity contribution >= 4 is 37.5 Å². The number of hydrogen-bond donors (Lipinski definition) is 2. The largest absolute Gasteiger partial charge is 0.320 e. The van der Waals surface area contributed by atoms with Crippen LogP contribution < -0.4 is 10.5 Å². The molecule has 3 N–H and O–H groups in total. The second kappa shape index (κ2) is 5.58. The first kappa shape index (κ1) is 15.7. The number of halogens is 1. The minimum Gasteiger partial charge on any atom is -0.320 e. The zero-order valence-electron chi connectivity index (χ0n) is 11.3. The molecule has 1 heterocycles. The van der Waals surface area contributed by atoms with Crippen LogP contribution in [0.1, 0.15) is 16.2 Å². The number of amides is 1. The van der Waals surface area contributed by atoms with E-state index < -0.39 is 10.0 Å². The fourth-order valence-electron chi connectivity index (χ4n) is 1.78. The molecule has 1 aromatic heterocycles. The molecule has 21 heavy (non-hydrogen) atoms. The third-order valence-electron chi connectivity index (χ3n) is 2.75. The Morgan fingerprint density at radius 1 is 1.38 bits per heavy atom. The molecule has 1 aromatic carbocycles. The number of nitrogens with one attached hydrogen (secondary N) is 1. The Labute approximate surface area is 130 Å². The predicted octanol–water partition coefficient (Wildman–Crippen LogP) is 1.39. The lowest BCUT2D eigenvalue weighted by Gasteiger charge is -2.08. The number of nitrogens with two attached hydrogens (primary N) is 1. The van der Waals surface area contributed by atoms with E-state index in [-0.39, 0.29) is 10.8 Å². The van der Waals surface area contributed by atoms with Crippen molar-refractivity contribution in [1.82, 2.24) is 9.78 Å². The van der Waals surface area contributed by atoms with Crippen LogP contribution in [0.2, 0.25) is 0 Å². The van der Waals surface area contributed by atoms with Crippen LogP contribution in [0.3, 0.4) is 0 Å². The number of primary sulfonamides is 1. The molecule has 2 aromatic rings. The molecule has 0 fully saturated rings. The Morgan fingerprint density at radius 3 is 2.52 bits per heavy atom. The van der Waals surface area contributed by atoms with Crippen LogP contribution in [-0.2, 0) is 17.1 Å². The second-order valence-electron chi connectivity index (χ2n) is 4.44. The van der Waals surface area contributed by atoms with Gasteiger partial charge >= 0.3 is 0 Å². The van der Waals surface area contributed by atoms with Crippen molar-refractivity contribution in [2.45, 2.75) is 11.8 Å². The van der Waals surface area contributed by atoms with Gasteiger partial charge in [0.2, 0.25) is 10.0 Å². The van der Waals surface area contributed by atoms with Gasteiger partial charge in [-0.15, -0.1) is 0 Å².